The smallest absolute Gasteiger partial charge is 0.326 e. The molecule has 3 nitrogen and oxygen atoms in total. The van der Waals surface area contributed by atoms with Crippen molar-refractivity contribution in [3.8, 4) is 0 Å². The third kappa shape index (κ3) is 3.49. The predicted octanol–water partition coefficient (Wildman–Crippen LogP) is 2.34. The molecule has 0 saturated heterocycles. The zero-order chi connectivity index (χ0) is 12.5. The number of esters is 1. The van der Waals surface area contributed by atoms with Crippen molar-refractivity contribution in [1.82, 2.24) is 0 Å². The van der Waals surface area contributed by atoms with Gasteiger partial charge in [-0.25, -0.2) is 0 Å². The lowest BCUT2D eigenvalue weighted by atomic mass is 9.66. The van der Waals surface area contributed by atoms with Gasteiger partial charge in [0.25, 0.3) is 0 Å². The van der Waals surface area contributed by atoms with Gasteiger partial charge in [-0.15, -0.1) is 0 Å². The topological polar surface area (TPSA) is 52.3 Å². The normalized spacial score (nSPS) is 17.1. The van der Waals surface area contributed by atoms with Crippen LogP contribution in [0, 0.1) is 10.8 Å². The first kappa shape index (κ1) is 14.4. The maximum atomic E-state index is 11.8. The van der Waals surface area contributed by atoms with E-state index in [2.05, 4.69) is 20.8 Å². The summed E-state index contributed by atoms with van der Waals surface area (Å²) in [7, 11) is 1.39. The highest BCUT2D eigenvalue weighted by Gasteiger charge is 2.48. The quantitative estimate of drug-likeness (QED) is 0.719. The monoisotopic (exact) mass is 215 g/mol. The van der Waals surface area contributed by atoms with Gasteiger partial charge in [0, 0.05) is 0 Å². The highest BCUT2D eigenvalue weighted by molar-refractivity contribution is 5.81. The number of hydrogen-bond donors (Lipinski definition) is 1. The molecule has 0 aliphatic rings. The van der Waals surface area contributed by atoms with Gasteiger partial charge < -0.3 is 10.5 Å². The molecule has 0 heterocycles. The standard InChI is InChI=1S/C12H25NO2/c1-10(2,3)8-12(13,9(14)15-7)11(4,5)6/h8,13H2,1-7H3. The first-order valence-corrected chi connectivity index (χ1v) is 5.31. The number of rotatable bonds is 2. The average Bonchev–Trinajstić information content (AvgIpc) is 1.97. The Morgan fingerprint density at radius 3 is 1.73 bits per heavy atom. The lowest BCUT2D eigenvalue weighted by molar-refractivity contribution is -0.153. The fourth-order valence-corrected chi connectivity index (χ4v) is 1.66. The Bertz CT molecular complexity index is 235. The van der Waals surface area contributed by atoms with E-state index in [0.29, 0.717) is 6.42 Å². The van der Waals surface area contributed by atoms with E-state index >= 15 is 0 Å². The second-order valence-electron chi connectivity index (χ2n) is 6.45. The van der Waals surface area contributed by atoms with Crippen LogP contribution in [0.1, 0.15) is 48.0 Å². The van der Waals surface area contributed by atoms with Crippen molar-refractivity contribution in [3.05, 3.63) is 0 Å². The number of nitrogens with two attached hydrogens (primary N) is 1. The Hall–Kier alpha value is -0.570. The van der Waals surface area contributed by atoms with E-state index in [1.807, 2.05) is 20.8 Å². The molecular weight excluding hydrogens is 190 g/mol. The van der Waals surface area contributed by atoms with Gasteiger partial charge in [-0.3, -0.25) is 4.79 Å². The average molecular weight is 215 g/mol. The molecule has 1 unspecified atom stereocenters. The van der Waals surface area contributed by atoms with Crippen molar-refractivity contribution in [2.45, 2.75) is 53.5 Å². The molecule has 0 aliphatic heterocycles. The number of carbonyl (C=O) groups excluding carboxylic acids is 1. The minimum atomic E-state index is -0.931. The van der Waals surface area contributed by atoms with E-state index in [9.17, 15) is 4.79 Å². The molecule has 0 fully saturated rings. The summed E-state index contributed by atoms with van der Waals surface area (Å²) in [5, 5.41) is 0. The Labute approximate surface area is 93.4 Å². The van der Waals surface area contributed by atoms with Gasteiger partial charge in [0.2, 0.25) is 0 Å². The predicted molar refractivity (Wildman–Crippen MR) is 62.5 cm³/mol. The molecule has 90 valence electrons. The summed E-state index contributed by atoms with van der Waals surface area (Å²) in [5.74, 6) is -0.329. The van der Waals surface area contributed by atoms with Crippen LogP contribution in [0.4, 0.5) is 0 Å². The van der Waals surface area contributed by atoms with E-state index in [4.69, 9.17) is 10.5 Å². The molecule has 15 heavy (non-hydrogen) atoms. The SMILES string of the molecule is COC(=O)C(N)(CC(C)(C)C)C(C)(C)C. The van der Waals surface area contributed by atoms with Crippen molar-refractivity contribution in [3.63, 3.8) is 0 Å². The first-order chi connectivity index (χ1) is 6.44. The molecule has 0 bridgehead atoms. The molecule has 0 rings (SSSR count). The summed E-state index contributed by atoms with van der Waals surface area (Å²) in [4.78, 5) is 11.8. The van der Waals surface area contributed by atoms with Crippen LogP contribution in [-0.2, 0) is 9.53 Å². The van der Waals surface area contributed by atoms with Crippen molar-refractivity contribution < 1.29 is 9.53 Å². The molecular formula is C12H25NO2. The van der Waals surface area contributed by atoms with Crippen LogP contribution in [-0.4, -0.2) is 18.6 Å². The molecule has 0 radical (unpaired) electrons. The molecule has 1 atom stereocenters. The fourth-order valence-electron chi connectivity index (χ4n) is 1.66. The third-order valence-electron chi connectivity index (χ3n) is 2.70. The highest BCUT2D eigenvalue weighted by atomic mass is 16.5. The van der Waals surface area contributed by atoms with Gasteiger partial charge in [0.15, 0.2) is 0 Å². The Kier molecular flexibility index (Phi) is 3.97. The van der Waals surface area contributed by atoms with E-state index < -0.39 is 5.54 Å². The van der Waals surface area contributed by atoms with E-state index in [-0.39, 0.29) is 16.8 Å². The Morgan fingerprint density at radius 2 is 1.53 bits per heavy atom. The van der Waals surface area contributed by atoms with Gasteiger partial charge >= 0.3 is 5.97 Å². The molecule has 0 aliphatic carbocycles. The van der Waals surface area contributed by atoms with E-state index in [1.54, 1.807) is 0 Å². The van der Waals surface area contributed by atoms with Gasteiger partial charge in [0.1, 0.15) is 5.54 Å². The van der Waals surface area contributed by atoms with Crippen LogP contribution in [0.25, 0.3) is 0 Å². The summed E-state index contributed by atoms with van der Waals surface area (Å²) in [6.07, 6.45) is 0.607. The molecule has 0 aromatic carbocycles. The van der Waals surface area contributed by atoms with Crippen LogP contribution in [0.3, 0.4) is 0 Å². The molecule has 0 amide bonds. The molecule has 0 spiro atoms. The van der Waals surface area contributed by atoms with Crippen molar-refractivity contribution >= 4 is 5.97 Å². The van der Waals surface area contributed by atoms with Crippen molar-refractivity contribution in [2.24, 2.45) is 16.6 Å². The fraction of sp³-hybridized carbons (Fsp3) is 0.917. The van der Waals surface area contributed by atoms with E-state index in [1.165, 1.54) is 7.11 Å². The number of methoxy groups -OCH3 is 1. The number of carbonyl (C=O) groups is 1. The molecule has 0 aromatic heterocycles. The number of ether oxygens (including phenoxy) is 1. The summed E-state index contributed by atoms with van der Waals surface area (Å²) in [5.41, 5.74) is 4.99. The van der Waals surface area contributed by atoms with Gasteiger partial charge in [-0.1, -0.05) is 41.5 Å². The van der Waals surface area contributed by atoms with Crippen LogP contribution in [0.2, 0.25) is 0 Å². The zero-order valence-electron chi connectivity index (χ0n) is 11.1. The maximum absolute atomic E-state index is 11.8. The maximum Gasteiger partial charge on any atom is 0.326 e. The first-order valence-electron chi connectivity index (χ1n) is 5.31. The van der Waals surface area contributed by atoms with Crippen molar-refractivity contribution in [2.75, 3.05) is 7.11 Å². The number of hydrogen-bond acceptors (Lipinski definition) is 3. The Balaban J connectivity index is 5.14. The zero-order valence-corrected chi connectivity index (χ0v) is 11.1. The molecule has 0 aromatic rings. The summed E-state index contributed by atoms with van der Waals surface area (Å²) in [6.45, 7) is 12.1. The lowest BCUT2D eigenvalue weighted by Crippen LogP contribution is -2.60. The molecule has 2 N–H and O–H groups in total. The minimum Gasteiger partial charge on any atom is -0.468 e. The third-order valence-corrected chi connectivity index (χ3v) is 2.70. The summed E-state index contributed by atoms with van der Waals surface area (Å²) >= 11 is 0. The summed E-state index contributed by atoms with van der Waals surface area (Å²) in [6, 6.07) is 0. The second-order valence-corrected chi connectivity index (χ2v) is 6.45. The highest BCUT2D eigenvalue weighted by Crippen LogP contribution is 2.38. The van der Waals surface area contributed by atoms with Gasteiger partial charge in [-0.2, -0.15) is 0 Å². The molecule has 0 saturated carbocycles. The summed E-state index contributed by atoms with van der Waals surface area (Å²) < 4.78 is 4.82. The van der Waals surface area contributed by atoms with E-state index in [0.717, 1.165) is 0 Å². The van der Waals surface area contributed by atoms with Crippen molar-refractivity contribution in [1.29, 1.82) is 0 Å². The second kappa shape index (κ2) is 4.12. The van der Waals surface area contributed by atoms with Gasteiger partial charge in [0.05, 0.1) is 7.11 Å². The molecule has 3 heteroatoms. The van der Waals surface area contributed by atoms with Crippen LogP contribution in [0.5, 0.6) is 0 Å². The van der Waals surface area contributed by atoms with Crippen LogP contribution < -0.4 is 5.73 Å². The lowest BCUT2D eigenvalue weighted by Gasteiger charge is -2.42. The van der Waals surface area contributed by atoms with Gasteiger partial charge in [-0.05, 0) is 17.3 Å². The minimum absolute atomic E-state index is 0.00375. The Morgan fingerprint density at radius 1 is 1.13 bits per heavy atom. The largest absolute Gasteiger partial charge is 0.468 e. The van der Waals surface area contributed by atoms with Crippen LogP contribution >= 0.6 is 0 Å². The van der Waals surface area contributed by atoms with Crippen LogP contribution in [0.15, 0.2) is 0 Å².